The van der Waals surface area contributed by atoms with Crippen molar-refractivity contribution in [2.24, 2.45) is 5.10 Å². The normalized spacial score (nSPS) is 10.8. The fourth-order valence-electron chi connectivity index (χ4n) is 2.50. The zero-order valence-electron chi connectivity index (χ0n) is 16.0. The summed E-state index contributed by atoms with van der Waals surface area (Å²) in [5, 5.41) is 4.79. The highest BCUT2D eigenvalue weighted by Crippen LogP contribution is 2.28. The summed E-state index contributed by atoms with van der Waals surface area (Å²) in [4.78, 5) is 23.4. The van der Waals surface area contributed by atoms with E-state index < -0.39 is 11.9 Å². The molecule has 150 valence electrons. The van der Waals surface area contributed by atoms with Crippen LogP contribution in [0.15, 0.2) is 58.0 Å². The minimum Gasteiger partial charge on any atom is -0.490 e. The molecule has 29 heavy (non-hydrogen) atoms. The quantitative estimate of drug-likeness (QED) is 0.357. The third kappa shape index (κ3) is 5.13. The number of hydrogen-bond acceptors (Lipinski definition) is 7. The molecule has 0 spiro atoms. The number of benzene rings is 2. The van der Waals surface area contributed by atoms with Gasteiger partial charge in [0.05, 0.1) is 19.9 Å². The standard InChI is InChI=1S/C21H20N2O6/c1-3-27-18-10-14(8-9-17(18)28-13-20(24)26-2)12-22-23-21(25)19-11-15-6-4-5-7-16(15)29-19/h4-12H,3,13H2,1-2H3,(H,23,25)/b22-12+. The number of hydrogen-bond donors (Lipinski definition) is 1. The molecule has 3 aromatic rings. The van der Waals surface area contributed by atoms with Crippen LogP contribution in [0.3, 0.4) is 0 Å². The van der Waals surface area contributed by atoms with Crippen LogP contribution in [0, 0.1) is 0 Å². The minimum atomic E-state index is -0.494. The molecule has 8 nitrogen and oxygen atoms in total. The van der Waals surface area contributed by atoms with Crippen LogP contribution in [-0.2, 0) is 9.53 Å². The molecule has 0 aliphatic carbocycles. The number of esters is 1. The summed E-state index contributed by atoms with van der Waals surface area (Å²) in [7, 11) is 1.29. The number of amides is 1. The van der Waals surface area contributed by atoms with Crippen molar-refractivity contribution < 1.29 is 28.2 Å². The van der Waals surface area contributed by atoms with E-state index in [2.05, 4.69) is 15.3 Å². The summed E-state index contributed by atoms with van der Waals surface area (Å²) in [6.07, 6.45) is 1.47. The maximum absolute atomic E-state index is 12.2. The third-order valence-corrected chi connectivity index (χ3v) is 3.87. The monoisotopic (exact) mass is 396 g/mol. The van der Waals surface area contributed by atoms with Gasteiger partial charge in [0.2, 0.25) is 0 Å². The van der Waals surface area contributed by atoms with Crippen molar-refractivity contribution in [1.82, 2.24) is 5.43 Å². The van der Waals surface area contributed by atoms with Crippen molar-refractivity contribution in [3.8, 4) is 11.5 Å². The van der Waals surface area contributed by atoms with E-state index in [-0.39, 0.29) is 12.4 Å². The van der Waals surface area contributed by atoms with Gasteiger partial charge in [-0.25, -0.2) is 10.2 Å². The van der Waals surface area contributed by atoms with E-state index in [1.54, 1.807) is 30.3 Å². The minimum absolute atomic E-state index is 0.171. The number of para-hydroxylation sites is 1. The topological polar surface area (TPSA) is 99.4 Å². The molecule has 0 aliphatic heterocycles. The van der Waals surface area contributed by atoms with E-state index in [1.165, 1.54) is 13.3 Å². The molecule has 0 radical (unpaired) electrons. The number of fused-ring (bicyclic) bond motifs is 1. The summed E-state index contributed by atoms with van der Waals surface area (Å²) in [5.41, 5.74) is 3.73. The Morgan fingerprint density at radius 3 is 2.69 bits per heavy atom. The lowest BCUT2D eigenvalue weighted by Gasteiger charge is -2.11. The Kier molecular flexibility index (Phi) is 6.47. The van der Waals surface area contributed by atoms with E-state index in [0.29, 0.717) is 29.3 Å². The first-order chi connectivity index (χ1) is 14.1. The number of hydrazone groups is 1. The van der Waals surface area contributed by atoms with Gasteiger partial charge in [-0.3, -0.25) is 4.79 Å². The number of ether oxygens (including phenoxy) is 3. The molecular weight excluding hydrogens is 376 g/mol. The maximum atomic E-state index is 12.2. The van der Waals surface area contributed by atoms with Crippen LogP contribution in [0.1, 0.15) is 23.0 Å². The van der Waals surface area contributed by atoms with E-state index in [1.807, 2.05) is 25.1 Å². The zero-order valence-corrected chi connectivity index (χ0v) is 16.0. The molecule has 0 aliphatic rings. The summed E-state index contributed by atoms with van der Waals surface area (Å²) in [6.45, 7) is 2.02. The van der Waals surface area contributed by atoms with Crippen LogP contribution in [0.25, 0.3) is 11.0 Å². The lowest BCUT2D eigenvalue weighted by atomic mass is 10.2. The highest BCUT2D eigenvalue weighted by Gasteiger charge is 2.11. The van der Waals surface area contributed by atoms with Gasteiger partial charge in [0.15, 0.2) is 23.9 Å². The van der Waals surface area contributed by atoms with Crippen molar-refractivity contribution in [2.75, 3.05) is 20.3 Å². The molecule has 8 heteroatoms. The first-order valence-electron chi connectivity index (χ1n) is 8.89. The number of nitrogens with zero attached hydrogens (tertiary/aromatic N) is 1. The predicted molar refractivity (Wildman–Crippen MR) is 106 cm³/mol. The van der Waals surface area contributed by atoms with Gasteiger partial charge >= 0.3 is 11.9 Å². The van der Waals surface area contributed by atoms with Crippen molar-refractivity contribution in [1.29, 1.82) is 0 Å². The highest BCUT2D eigenvalue weighted by atomic mass is 16.6. The lowest BCUT2D eigenvalue weighted by Crippen LogP contribution is -2.16. The van der Waals surface area contributed by atoms with Gasteiger partial charge in [0.25, 0.3) is 0 Å². The fourth-order valence-corrected chi connectivity index (χ4v) is 2.50. The molecule has 0 saturated heterocycles. The third-order valence-electron chi connectivity index (χ3n) is 3.87. The number of methoxy groups -OCH3 is 1. The predicted octanol–water partition coefficient (Wildman–Crippen LogP) is 3.15. The molecule has 0 saturated carbocycles. The summed E-state index contributed by atoms with van der Waals surface area (Å²) in [6, 6.07) is 14.1. The molecule has 1 aromatic heterocycles. The second kappa shape index (κ2) is 9.41. The smallest absolute Gasteiger partial charge is 0.343 e. The first kappa shape index (κ1) is 19.9. The zero-order chi connectivity index (χ0) is 20.6. The first-order valence-corrected chi connectivity index (χ1v) is 8.89. The Balaban J connectivity index is 1.66. The lowest BCUT2D eigenvalue weighted by molar-refractivity contribution is -0.142. The van der Waals surface area contributed by atoms with E-state index >= 15 is 0 Å². The number of nitrogens with one attached hydrogen (secondary N) is 1. The molecule has 3 rings (SSSR count). The van der Waals surface area contributed by atoms with Gasteiger partial charge in [0.1, 0.15) is 5.58 Å². The molecule has 0 unspecified atom stereocenters. The molecule has 0 atom stereocenters. The molecule has 1 amide bonds. The van der Waals surface area contributed by atoms with Crippen molar-refractivity contribution >= 4 is 29.1 Å². The second-order valence-corrected chi connectivity index (χ2v) is 5.85. The molecule has 1 heterocycles. The highest BCUT2D eigenvalue weighted by molar-refractivity contribution is 5.96. The van der Waals surface area contributed by atoms with Gasteiger partial charge in [-0.15, -0.1) is 0 Å². The van der Waals surface area contributed by atoms with Gasteiger partial charge in [0, 0.05) is 5.39 Å². The van der Waals surface area contributed by atoms with Crippen LogP contribution in [-0.4, -0.2) is 38.4 Å². The average Bonchev–Trinajstić information content (AvgIpc) is 3.17. The van der Waals surface area contributed by atoms with E-state index in [0.717, 1.165) is 5.39 Å². The molecule has 2 aromatic carbocycles. The second-order valence-electron chi connectivity index (χ2n) is 5.85. The van der Waals surface area contributed by atoms with Crippen molar-refractivity contribution in [3.63, 3.8) is 0 Å². The van der Waals surface area contributed by atoms with Gasteiger partial charge < -0.3 is 18.6 Å². The fraction of sp³-hybridized carbons (Fsp3) is 0.190. The number of rotatable bonds is 8. The Morgan fingerprint density at radius 1 is 1.10 bits per heavy atom. The van der Waals surface area contributed by atoms with E-state index in [9.17, 15) is 9.59 Å². The molecule has 0 bridgehead atoms. The van der Waals surface area contributed by atoms with Crippen LogP contribution in [0.2, 0.25) is 0 Å². The Labute approximate surface area is 167 Å². The maximum Gasteiger partial charge on any atom is 0.343 e. The van der Waals surface area contributed by atoms with Crippen LogP contribution < -0.4 is 14.9 Å². The molecule has 0 fully saturated rings. The van der Waals surface area contributed by atoms with Gasteiger partial charge in [-0.2, -0.15) is 5.10 Å². The Morgan fingerprint density at radius 2 is 1.93 bits per heavy atom. The average molecular weight is 396 g/mol. The summed E-state index contributed by atoms with van der Waals surface area (Å²) in [5.74, 6) is 0.0708. The molecular formula is C21H20N2O6. The summed E-state index contributed by atoms with van der Waals surface area (Å²) >= 11 is 0. The number of carbonyl (C=O) groups excluding carboxylic acids is 2. The van der Waals surface area contributed by atoms with Crippen molar-refractivity contribution in [3.05, 3.63) is 59.9 Å². The van der Waals surface area contributed by atoms with Crippen LogP contribution in [0.5, 0.6) is 11.5 Å². The van der Waals surface area contributed by atoms with Crippen LogP contribution in [0.4, 0.5) is 0 Å². The van der Waals surface area contributed by atoms with E-state index in [4.69, 9.17) is 13.9 Å². The van der Waals surface area contributed by atoms with Gasteiger partial charge in [-0.05, 0) is 42.8 Å². The van der Waals surface area contributed by atoms with Crippen molar-refractivity contribution in [2.45, 2.75) is 6.92 Å². The van der Waals surface area contributed by atoms with Gasteiger partial charge in [-0.1, -0.05) is 18.2 Å². The van der Waals surface area contributed by atoms with Crippen LogP contribution >= 0.6 is 0 Å². The number of furan rings is 1. The number of carbonyl (C=O) groups is 2. The SMILES string of the molecule is CCOc1cc(/C=N/NC(=O)c2cc3ccccc3o2)ccc1OCC(=O)OC. The summed E-state index contributed by atoms with van der Waals surface area (Å²) < 4.78 is 21.0. The largest absolute Gasteiger partial charge is 0.490 e. The molecule has 1 N–H and O–H groups in total. The Bertz CT molecular complexity index is 1010. The Hall–Kier alpha value is -3.81.